The van der Waals surface area contributed by atoms with Gasteiger partial charge in [0, 0.05) is 56.0 Å². The predicted octanol–water partition coefficient (Wildman–Crippen LogP) is 5.32. The maximum absolute atomic E-state index is 14.2. The Hall–Kier alpha value is -4.08. The number of alkyl halides is 3. The van der Waals surface area contributed by atoms with Gasteiger partial charge in [0.15, 0.2) is 0 Å². The van der Waals surface area contributed by atoms with Crippen molar-refractivity contribution < 1.29 is 17.9 Å². The lowest BCUT2D eigenvalue weighted by atomic mass is 10.1. The number of rotatable bonds is 5. The van der Waals surface area contributed by atoms with Gasteiger partial charge in [-0.05, 0) is 61.2 Å². The maximum atomic E-state index is 14.2. The zero-order chi connectivity index (χ0) is 26.2. The molecule has 1 saturated heterocycles. The van der Waals surface area contributed by atoms with Gasteiger partial charge in [-0.15, -0.1) is 0 Å². The van der Waals surface area contributed by atoms with Crippen molar-refractivity contribution in [2.24, 2.45) is 7.05 Å². The number of hydrogen-bond donors (Lipinski definition) is 0. The second kappa shape index (κ2) is 9.76. The van der Waals surface area contributed by atoms with Gasteiger partial charge in [0.2, 0.25) is 5.88 Å². The van der Waals surface area contributed by atoms with E-state index in [1.165, 1.54) is 22.3 Å². The first kappa shape index (κ1) is 24.6. The molecule has 0 saturated carbocycles. The Balaban J connectivity index is 1.61. The van der Waals surface area contributed by atoms with Crippen LogP contribution in [0, 0.1) is 0 Å². The van der Waals surface area contributed by atoms with Crippen molar-refractivity contribution in [1.29, 1.82) is 0 Å². The smallest absolute Gasteiger partial charge is 0.418 e. The molecule has 0 amide bonds. The molecule has 0 N–H and O–H groups in total. The van der Waals surface area contributed by atoms with Crippen LogP contribution < -0.4 is 15.3 Å². The molecule has 4 aromatic rings. The summed E-state index contributed by atoms with van der Waals surface area (Å²) in [6.07, 6.45) is 2.98. The van der Waals surface area contributed by atoms with E-state index in [9.17, 15) is 18.0 Å². The summed E-state index contributed by atoms with van der Waals surface area (Å²) in [5.41, 5.74) is 1.49. The second-order valence-corrected chi connectivity index (χ2v) is 9.01. The van der Waals surface area contributed by atoms with Gasteiger partial charge in [-0.2, -0.15) is 13.2 Å². The number of aromatic nitrogens is 4. The lowest BCUT2D eigenvalue weighted by molar-refractivity contribution is -0.137. The summed E-state index contributed by atoms with van der Waals surface area (Å²) in [5.74, 6) is 0.475. The van der Waals surface area contributed by atoms with Crippen LogP contribution in [0.1, 0.15) is 24.8 Å². The summed E-state index contributed by atoms with van der Waals surface area (Å²) < 4.78 is 50.3. The zero-order valence-corrected chi connectivity index (χ0v) is 20.5. The number of halogens is 3. The molecule has 0 aliphatic carbocycles. The lowest BCUT2D eigenvalue weighted by Crippen LogP contribution is -2.31. The van der Waals surface area contributed by atoms with Crippen LogP contribution in [-0.2, 0) is 13.2 Å². The van der Waals surface area contributed by atoms with E-state index in [0.717, 1.165) is 36.5 Å². The van der Waals surface area contributed by atoms with E-state index < -0.39 is 17.4 Å². The van der Waals surface area contributed by atoms with E-state index in [1.54, 1.807) is 54.8 Å². The zero-order valence-electron chi connectivity index (χ0n) is 20.5. The fourth-order valence-corrected chi connectivity index (χ4v) is 4.71. The summed E-state index contributed by atoms with van der Waals surface area (Å²) in [6, 6.07) is 11.3. The fourth-order valence-electron chi connectivity index (χ4n) is 4.71. The Morgan fingerprint density at radius 3 is 2.41 bits per heavy atom. The third-order valence-electron chi connectivity index (χ3n) is 6.59. The van der Waals surface area contributed by atoms with Crippen LogP contribution in [0.5, 0.6) is 5.88 Å². The summed E-state index contributed by atoms with van der Waals surface area (Å²) in [5, 5.41) is 0. The van der Waals surface area contributed by atoms with Crippen LogP contribution in [0.2, 0.25) is 0 Å². The van der Waals surface area contributed by atoms with Gasteiger partial charge < -0.3 is 14.2 Å². The van der Waals surface area contributed by atoms with Crippen molar-refractivity contribution in [3.05, 3.63) is 77.1 Å². The number of benzene rings is 1. The topological polar surface area (TPSA) is 65.2 Å². The predicted molar refractivity (Wildman–Crippen MR) is 135 cm³/mol. The monoisotopic (exact) mass is 509 g/mol. The molecule has 1 aliphatic rings. The minimum absolute atomic E-state index is 0.131. The quantitative estimate of drug-likeness (QED) is 0.365. The van der Waals surface area contributed by atoms with Crippen molar-refractivity contribution >= 4 is 5.69 Å². The average molecular weight is 510 g/mol. The van der Waals surface area contributed by atoms with Crippen molar-refractivity contribution in [2.45, 2.75) is 25.4 Å². The normalized spacial score (nSPS) is 14.1. The summed E-state index contributed by atoms with van der Waals surface area (Å²) in [6.45, 7) is 1.16. The minimum Gasteiger partial charge on any atom is -0.481 e. The van der Waals surface area contributed by atoms with Gasteiger partial charge in [0.05, 0.1) is 29.7 Å². The maximum Gasteiger partial charge on any atom is 0.418 e. The van der Waals surface area contributed by atoms with Crippen molar-refractivity contribution in [3.8, 4) is 34.1 Å². The number of imidazole rings is 1. The Bertz CT molecular complexity index is 1470. The summed E-state index contributed by atoms with van der Waals surface area (Å²) >= 11 is 0. The SMILES string of the molecule is COc1ccc(-c2ccnc(-c3cn(C)c(=O)n3-c3ccc(N4CCCCC4)c(C(F)(F)F)c3)c2)cn1. The molecule has 192 valence electrons. The molecular formula is C27H26F3N5O2. The lowest BCUT2D eigenvalue weighted by Gasteiger charge is -2.31. The van der Waals surface area contributed by atoms with E-state index in [-0.39, 0.29) is 11.4 Å². The van der Waals surface area contributed by atoms with E-state index in [2.05, 4.69) is 9.97 Å². The first-order valence-corrected chi connectivity index (χ1v) is 12.0. The van der Waals surface area contributed by atoms with Crippen molar-refractivity contribution in [3.63, 3.8) is 0 Å². The Kier molecular flexibility index (Phi) is 6.49. The number of piperidine rings is 1. The van der Waals surface area contributed by atoms with Gasteiger partial charge in [0.25, 0.3) is 0 Å². The van der Waals surface area contributed by atoms with E-state index in [4.69, 9.17) is 4.74 Å². The molecule has 3 aromatic heterocycles. The first-order chi connectivity index (χ1) is 17.8. The van der Waals surface area contributed by atoms with Crippen LogP contribution in [0.4, 0.5) is 18.9 Å². The second-order valence-electron chi connectivity index (χ2n) is 9.01. The minimum atomic E-state index is -4.57. The number of hydrogen-bond acceptors (Lipinski definition) is 5. The Morgan fingerprint density at radius 1 is 0.946 bits per heavy atom. The first-order valence-electron chi connectivity index (χ1n) is 12.0. The molecule has 5 rings (SSSR count). The number of aryl methyl sites for hydroxylation is 1. The molecule has 1 aliphatic heterocycles. The van der Waals surface area contributed by atoms with Gasteiger partial charge >= 0.3 is 11.9 Å². The largest absolute Gasteiger partial charge is 0.481 e. The highest BCUT2D eigenvalue weighted by Gasteiger charge is 2.36. The van der Waals surface area contributed by atoms with Crippen LogP contribution in [0.25, 0.3) is 28.2 Å². The average Bonchev–Trinajstić information content (AvgIpc) is 3.22. The highest BCUT2D eigenvalue weighted by atomic mass is 19.4. The molecular weight excluding hydrogens is 483 g/mol. The van der Waals surface area contributed by atoms with Crippen molar-refractivity contribution in [1.82, 2.24) is 19.1 Å². The van der Waals surface area contributed by atoms with E-state index in [0.29, 0.717) is 30.4 Å². The Labute approximate surface area is 211 Å². The number of anilines is 1. The molecule has 0 spiro atoms. The molecule has 0 radical (unpaired) electrons. The van der Waals surface area contributed by atoms with Gasteiger partial charge in [-0.1, -0.05) is 0 Å². The fraction of sp³-hybridized carbons (Fsp3) is 0.296. The molecule has 37 heavy (non-hydrogen) atoms. The number of nitrogens with zero attached hydrogens (tertiary/aromatic N) is 5. The molecule has 0 bridgehead atoms. The third kappa shape index (κ3) is 4.83. The highest BCUT2D eigenvalue weighted by Crippen LogP contribution is 2.39. The molecule has 7 nitrogen and oxygen atoms in total. The van der Waals surface area contributed by atoms with Gasteiger partial charge in [0.1, 0.15) is 0 Å². The van der Waals surface area contributed by atoms with E-state index in [1.807, 2.05) is 6.07 Å². The summed E-state index contributed by atoms with van der Waals surface area (Å²) in [4.78, 5) is 23.5. The molecule has 4 heterocycles. The number of methoxy groups -OCH3 is 1. The van der Waals surface area contributed by atoms with Gasteiger partial charge in [-0.25, -0.2) is 9.78 Å². The van der Waals surface area contributed by atoms with Gasteiger partial charge in [-0.3, -0.25) is 9.55 Å². The van der Waals surface area contributed by atoms with E-state index >= 15 is 0 Å². The molecule has 0 atom stereocenters. The standard InChI is InChI=1S/C27H26F3N5O2/c1-33-17-24(22-14-18(10-11-31-22)19-6-9-25(37-2)32-16-19)35(26(33)36)20-7-8-23(21(15-20)27(28,29)30)34-12-4-3-5-13-34/h6-11,14-17H,3-5,12-13H2,1-2H3. The molecule has 0 unspecified atom stereocenters. The number of ether oxygens (including phenoxy) is 1. The van der Waals surface area contributed by atoms with Crippen molar-refractivity contribution in [2.75, 3.05) is 25.1 Å². The molecule has 1 fully saturated rings. The van der Waals surface area contributed by atoms with Crippen LogP contribution in [0.3, 0.4) is 0 Å². The Morgan fingerprint density at radius 2 is 1.73 bits per heavy atom. The van der Waals surface area contributed by atoms with Crippen LogP contribution >= 0.6 is 0 Å². The number of pyridine rings is 2. The third-order valence-corrected chi connectivity index (χ3v) is 6.59. The summed E-state index contributed by atoms with van der Waals surface area (Å²) in [7, 11) is 3.09. The van der Waals surface area contributed by atoms with Crippen LogP contribution in [-0.4, -0.2) is 39.3 Å². The highest BCUT2D eigenvalue weighted by molar-refractivity contribution is 5.70. The molecule has 1 aromatic carbocycles. The molecule has 10 heteroatoms. The van der Waals surface area contributed by atoms with Crippen LogP contribution in [0.15, 0.2) is 65.8 Å².